The topological polar surface area (TPSA) is 58.6 Å². The molecule has 3 aromatic rings. The second kappa shape index (κ2) is 8.64. The van der Waals surface area contributed by atoms with Crippen LogP contribution in [0.2, 0.25) is 0 Å². The van der Waals surface area contributed by atoms with E-state index < -0.39 is 5.54 Å². The molecular formula is C26H26N2O3. The molecule has 0 radical (unpaired) electrons. The molecule has 0 aliphatic carbocycles. The van der Waals surface area contributed by atoms with Crippen molar-refractivity contribution in [3.05, 3.63) is 101 Å². The Morgan fingerprint density at radius 3 is 2.35 bits per heavy atom. The molecule has 0 unspecified atom stereocenters. The molecule has 0 bridgehead atoms. The van der Waals surface area contributed by atoms with Crippen molar-refractivity contribution in [1.82, 2.24) is 10.2 Å². The summed E-state index contributed by atoms with van der Waals surface area (Å²) in [5.74, 6) is 0.487. The predicted molar refractivity (Wildman–Crippen MR) is 120 cm³/mol. The number of methoxy groups -OCH3 is 1. The maximum Gasteiger partial charge on any atom is 0.255 e. The van der Waals surface area contributed by atoms with Gasteiger partial charge < -0.3 is 15.0 Å². The number of hydrogen-bond donors (Lipinski definition) is 1. The van der Waals surface area contributed by atoms with E-state index in [1.807, 2.05) is 85.8 Å². The molecule has 5 heteroatoms. The lowest BCUT2D eigenvalue weighted by Crippen LogP contribution is -2.62. The molecule has 3 aromatic carbocycles. The van der Waals surface area contributed by atoms with Crippen molar-refractivity contribution in [3.63, 3.8) is 0 Å². The molecule has 0 saturated heterocycles. The zero-order chi connectivity index (χ0) is 21.8. The number of nitrogens with one attached hydrogen (secondary N) is 1. The average Bonchev–Trinajstić information content (AvgIpc) is 2.81. The van der Waals surface area contributed by atoms with Crippen molar-refractivity contribution in [2.45, 2.75) is 32.0 Å². The molecule has 0 aromatic heterocycles. The van der Waals surface area contributed by atoms with Crippen molar-refractivity contribution in [3.8, 4) is 5.75 Å². The van der Waals surface area contributed by atoms with Crippen LogP contribution in [0.25, 0.3) is 0 Å². The van der Waals surface area contributed by atoms with E-state index >= 15 is 0 Å². The van der Waals surface area contributed by atoms with Gasteiger partial charge in [-0.25, -0.2) is 0 Å². The summed E-state index contributed by atoms with van der Waals surface area (Å²) in [7, 11) is 1.62. The van der Waals surface area contributed by atoms with Gasteiger partial charge in [-0.15, -0.1) is 0 Å². The largest absolute Gasteiger partial charge is 0.497 e. The van der Waals surface area contributed by atoms with E-state index in [0.717, 1.165) is 22.4 Å². The number of fused-ring (bicyclic) bond motifs is 1. The molecule has 1 aliphatic heterocycles. The number of hydrogen-bond acceptors (Lipinski definition) is 3. The number of nitrogens with zero attached hydrogens (tertiary/aromatic N) is 1. The normalized spacial score (nSPS) is 17.7. The zero-order valence-electron chi connectivity index (χ0n) is 17.8. The summed E-state index contributed by atoms with van der Waals surface area (Å²) in [5.41, 5.74) is 2.53. The molecule has 1 atom stereocenters. The van der Waals surface area contributed by atoms with Crippen molar-refractivity contribution in [2.24, 2.45) is 0 Å². The van der Waals surface area contributed by atoms with E-state index in [-0.39, 0.29) is 11.8 Å². The molecule has 0 fully saturated rings. The van der Waals surface area contributed by atoms with Gasteiger partial charge in [-0.2, -0.15) is 0 Å². The average molecular weight is 415 g/mol. The Morgan fingerprint density at radius 2 is 1.65 bits per heavy atom. The second-order valence-electron chi connectivity index (χ2n) is 8.02. The fraction of sp³-hybridized carbons (Fsp3) is 0.231. The number of ether oxygens (including phenoxy) is 1. The van der Waals surface area contributed by atoms with E-state index in [0.29, 0.717) is 25.1 Å². The fourth-order valence-corrected chi connectivity index (χ4v) is 4.05. The van der Waals surface area contributed by atoms with E-state index in [4.69, 9.17) is 4.74 Å². The third-order valence-corrected chi connectivity index (χ3v) is 5.91. The summed E-state index contributed by atoms with van der Waals surface area (Å²) in [6, 6.07) is 24.9. The first-order chi connectivity index (χ1) is 15.0. The Bertz CT molecular complexity index is 1080. The Balaban J connectivity index is 1.60. The molecule has 31 heavy (non-hydrogen) atoms. The van der Waals surface area contributed by atoms with Crippen LogP contribution in [-0.4, -0.2) is 29.4 Å². The summed E-state index contributed by atoms with van der Waals surface area (Å²) >= 11 is 0. The Morgan fingerprint density at radius 1 is 0.968 bits per heavy atom. The molecular weight excluding hydrogens is 388 g/mol. The summed E-state index contributed by atoms with van der Waals surface area (Å²) in [6.45, 7) is 2.61. The van der Waals surface area contributed by atoms with Gasteiger partial charge in [0.15, 0.2) is 0 Å². The van der Waals surface area contributed by atoms with E-state index in [1.165, 1.54) is 0 Å². The smallest absolute Gasteiger partial charge is 0.255 e. The lowest BCUT2D eigenvalue weighted by atomic mass is 9.82. The monoisotopic (exact) mass is 414 g/mol. The van der Waals surface area contributed by atoms with Crippen LogP contribution < -0.4 is 10.1 Å². The van der Waals surface area contributed by atoms with Crippen LogP contribution in [0.15, 0.2) is 78.9 Å². The van der Waals surface area contributed by atoms with E-state index in [1.54, 1.807) is 12.0 Å². The number of rotatable bonds is 6. The first-order valence-electron chi connectivity index (χ1n) is 10.4. The maximum absolute atomic E-state index is 13.4. The highest BCUT2D eigenvalue weighted by molar-refractivity contribution is 6.02. The standard InChI is InChI=1S/C26H26N2O3/c1-26(25(30)27-17-19-12-14-22(31-2)15-13-19)16-21-10-6-7-11-23(21)24(29)28(26)18-20-8-4-3-5-9-20/h3-15H,16-18H2,1-2H3,(H,27,30)/t26-/m0/s1. The highest BCUT2D eigenvalue weighted by Gasteiger charge is 2.46. The molecule has 4 rings (SSSR count). The molecule has 1 aliphatic rings. The molecule has 1 N–H and O–H groups in total. The van der Waals surface area contributed by atoms with E-state index in [2.05, 4.69) is 5.32 Å². The quantitative estimate of drug-likeness (QED) is 0.664. The Hall–Kier alpha value is -3.60. The molecule has 158 valence electrons. The minimum atomic E-state index is -0.992. The van der Waals surface area contributed by atoms with Gasteiger partial charge in [-0.3, -0.25) is 9.59 Å². The summed E-state index contributed by atoms with van der Waals surface area (Å²) < 4.78 is 5.19. The SMILES string of the molecule is COc1ccc(CNC(=O)[C@]2(C)Cc3ccccc3C(=O)N2Cc2ccccc2)cc1. The summed E-state index contributed by atoms with van der Waals surface area (Å²) in [6.07, 6.45) is 0.468. The van der Waals surface area contributed by atoms with Crippen molar-refractivity contribution < 1.29 is 14.3 Å². The lowest BCUT2D eigenvalue weighted by molar-refractivity contribution is -0.132. The molecule has 0 spiro atoms. The molecule has 2 amide bonds. The third-order valence-electron chi connectivity index (χ3n) is 5.91. The van der Waals surface area contributed by atoms with Gasteiger partial charge in [0.1, 0.15) is 11.3 Å². The highest BCUT2D eigenvalue weighted by atomic mass is 16.5. The summed E-state index contributed by atoms with van der Waals surface area (Å²) in [4.78, 5) is 28.6. The second-order valence-corrected chi connectivity index (χ2v) is 8.02. The van der Waals surface area contributed by atoms with Gasteiger partial charge in [0.25, 0.3) is 5.91 Å². The van der Waals surface area contributed by atoms with Crippen molar-refractivity contribution in [1.29, 1.82) is 0 Å². The van der Waals surface area contributed by atoms with Gasteiger partial charge in [0.2, 0.25) is 5.91 Å². The molecule has 1 heterocycles. The minimum absolute atomic E-state index is 0.118. The van der Waals surface area contributed by atoms with Gasteiger partial charge in [-0.05, 0) is 41.8 Å². The van der Waals surface area contributed by atoms with Gasteiger partial charge in [0.05, 0.1) is 7.11 Å². The third kappa shape index (κ3) is 4.17. The minimum Gasteiger partial charge on any atom is -0.497 e. The first kappa shape index (κ1) is 20.7. The van der Waals surface area contributed by atoms with Gasteiger partial charge in [-0.1, -0.05) is 60.7 Å². The maximum atomic E-state index is 13.4. The van der Waals surface area contributed by atoms with Crippen LogP contribution in [0, 0.1) is 0 Å². The summed E-state index contributed by atoms with van der Waals surface area (Å²) in [5, 5.41) is 3.04. The van der Waals surface area contributed by atoms with Crippen LogP contribution >= 0.6 is 0 Å². The Labute approximate surface area is 182 Å². The van der Waals surface area contributed by atoms with Crippen LogP contribution in [-0.2, 0) is 24.3 Å². The number of carbonyl (C=O) groups excluding carboxylic acids is 2. The van der Waals surface area contributed by atoms with Gasteiger partial charge in [0, 0.05) is 25.1 Å². The van der Waals surface area contributed by atoms with Crippen molar-refractivity contribution >= 4 is 11.8 Å². The number of amides is 2. The van der Waals surface area contributed by atoms with Crippen LogP contribution in [0.5, 0.6) is 5.75 Å². The van der Waals surface area contributed by atoms with E-state index in [9.17, 15) is 9.59 Å². The van der Waals surface area contributed by atoms with Crippen molar-refractivity contribution in [2.75, 3.05) is 7.11 Å². The number of carbonyl (C=O) groups is 2. The molecule has 0 saturated carbocycles. The lowest BCUT2D eigenvalue weighted by Gasteiger charge is -2.44. The fourth-order valence-electron chi connectivity index (χ4n) is 4.05. The zero-order valence-corrected chi connectivity index (χ0v) is 17.8. The Kier molecular flexibility index (Phi) is 5.76. The van der Waals surface area contributed by atoms with Crippen LogP contribution in [0.3, 0.4) is 0 Å². The predicted octanol–water partition coefficient (Wildman–Crippen LogP) is 3.97. The first-order valence-corrected chi connectivity index (χ1v) is 10.4. The van der Waals surface area contributed by atoms with Crippen LogP contribution in [0.4, 0.5) is 0 Å². The highest BCUT2D eigenvalue weighted by Crippen LogP contribution is 2.32. The van der Waals surface area contributed by atoms with Gasteiger partial charge >= 0.3 is 0 Å². The number of benzene rings is 3. The molecule has 5 nitrogen and oxygen atoms in total. The van der Waals surface area contributed by atoms with Crippen LogP contribution in [0.1, 0.15) is 34.0 Å².